The molecule has 0 aliphatic heterocycles. The Morgan fingerprint density at radius 3 is 2.18 bits per heavy atom. The predicted octanol–water partition coefficient (Wildman–Crippen LogP) is 4.64. The molecule has 2 aromatic carbocycles. The van der Waals surface area contributed by atoms with Gasteiger partial charge in [-0.25, -0.2) is 0 Å². The lowest BCUT2D eigenvalue weighted by Crippen LogP contribution is -2.14. The van der Waals surface area contributed by atoms with Crippen molar-refractivity contribution in [2.75, 3.05) is 26.6 Å². The van der Waals surface area contributed by atoms with Gasteiger partial charge < -0.3 is 19.5 Å². The van der Waals surface area contributed by atoms with Crippen LogP contribution in [0.4, 0.5) is 5.69 Å². The number of amides is 1. The second-order valence-electron chi connectivity index (χ2n) is 6.63. The third kappa shape index (κ3) is 3.71. The maximum Gasteiger partial charge on any atom is 0.256 e. The molecule has 6 heteroatoms. The van der Waals surface area contributed by atoms with Crippen molar-refractivity contribution in [3.63, 3.8) is 0 Å². The number of hydrogen-bond donors (Lipinski definition) is 1. The van der Waals surface area contributed by atoms with Gasteiger partial charge in [-0.2, -0.15) is 0 Å². The molecule has 6 nitrogen and oxygen atoms in total. The summed E-state index contributed by atoms with van der Waals surface area (Å²) in [7, 11) is 4.61. The lowest BCUT2D eigenvalue weighted by molar-refractivity contribution is 0.102. The lowest BCUT2D eigenvalue weighted by atomic mass is 10.0. The largest absolute Gasteiger partial charge is 0.493 e. The van der Waals surface area contributed by atoms with Gasteiger partial charge in [-0.15, -0.1) is 0 Å². The molecule has 0 spiro atoms. The first-order valence-electron chi connectivity index (χ1n) is 8.99. The van der Waals surface area contributed by atoms with Crippen LogP contribution in [0.2, 0.25) is 0 Å². The van der Waals surface area contributed by atoms with Crippen LogP contribution in [0.5, 0.6) is 17.2 Å². The average molecular weight is 380 g/mol. The fourth-order valence-electron chi connectivity index (χ4n) is 3.03. The molecule has 0 fully saturated rings. The Kier molecular flexibility index (Phi) is 5.68. The van der Waals surface area contributed by atoms with Gasteiger partial charge in [0, 0.05) is 28.9 Å². The van der Waals surface area contributed by atoms with Crippen LogP contribution < -0.4 is 19.5 Å². The van der Waals surface area contributed by atoms with Gasteiger partial charge >= 0.3 is 0 Å². The number of fused-ring (bicyclic) bond motifs is 1. The molecule has 0 saturated heterocycles. The van der Waals surface area contributed by atoms with E-state index in [0.717, 1.165) is 16.6 Å². The van der Waals surface area contributed by atoms with E-state index >= 15 is 0 Å². The zero-order valence-corrected chi connectivity index (χ0v) is 16.7. The van der Waals surface area contributed by atoms with E-state index in [1.54, 1.807) is 12.1 Å². The molecule has 0 atom stereocenters. The highest BCUT2D eigenvalue weighted by Crippen LogP contribution is 2.40. The Morgan fingerprint density at radius 1 is 0.964 bits per heavy atom. The van der Waals surface area contributed by atoms with Crippen molar-refractivity contribution in [2.24, 2.45) is 0 Å². The van der Waals surface area contributed by atoms with E-state index in [2.05, 4.69) is 24.1 Å². The monoisotopic (exact) mass is 380 g/mol. The first-order chi connectivity index (χ1) is 13.5. The first-order valence-corrected chi connectivity index (χ1v) is 8.99. The van der Waals surface area contributed by atoms with E-state index in [9.17, 15) is 4.79 Å². The Bertz CT molecular complexity index is 990. The quantitative estimate of drug-likeness (QED) is 0.675. The van der Waals surface area contributed by atoms with Gasteiger partial charge in [-0.05, 0) is 18.1 Å². The smallest absolute Gasteiger partial charge is 0.256 e. The molecule has 0 unspecified atom stereocenters. The second-order valence-corrected chi connectivity index (χ2v) is 6.63. The number of pyridine rings is 1. The van der Waals surface area contributed by atoms with Crippen molar-refractivity contribution in [1.82, 2.24) is 4.98 Å². The summed E-state index contributed by atoms with van der Waals surface area (Å²) in [4.78, 5) is 17.8. The van der Waals surface area contributed by atoms with Gasteiger partial charge in [0.25, 0.3) is 5.91 Å². The van der Waals surface area contributed by atoms with E-state index < -0.39 is 0 Å². The van der Waals surface area contributed by atoms with Gasteiger partial charge in [0.05, 0.1) is 32.4 Å². The summed E-state index contributed by atoms with van der Waals surface area (Å²) in [5, 5.41) is 3.74. The number of nitrogens with zero attached hydrogens (tertiary/aromatic N) is 1. The second kappa shape index (κ2) is 8.17. The SMILES string of the molecule is COc1cc(NC(=O)c2cc(C(C)C)nc3ccccc23)cc(OC)c1OC. The van der Waals surface area contributed by atoms with Crippen LogP contribution in [0.1, 0.15) is 35.8 Å². The maximum absolute atomic E-state index is 13.1. The fraction of sp³-hybridized carbons (Fsp3) is 0.273. The Balaban J connectivity index is 2.04. The van der Waals surface area contributed by atoms with Gasteiger partial charge in [0.2, 0.25) is 5.75 Å². The van der Waals surface area contributed by atoms with Crippen molar-refractivity contribution in [3.05, 3.63) is 53.7 Å². The van der Waals surface area contributed by atoms with Gasteiger partial charge in [0.1, 0.15) is 0 Å². The zero-order valence-electron chi connectivity index (χ0n) is 16.7. The molecule has 0 aliphatic carbocycles. The lowest BCUT2D eigenvalue weighted by Gasteiger charge is -2.15. The van der Waals surface area contributed by atoms with Gasteiger partial charge in [-0.3, -0.25) is 9.78 Å². The Labute approximate surface area is 164 Å². The van der Waals surface area contributed by atoms with Crippen molar-refractivity contribution < 1.29 is 19.0 Å². The molecule has 0 bridgehead atoms. The standard InChI is InChI=1S/C22H24N2O4/c1-13(2)18-12-16(15-8-6-7-9-17(15)24-18)22(25)23-14-10-19(26-3)21(28-5)20(11-14)27-4/h6-13H,1-5H3,(H,23,25). The van der Waals surface area contributed by atoms with Crippen molar-refractivity contribution in [1.29, 1.82) is 0 Å². The van der Waals surface area contributed by atoms with Crippen LogP contribution in [0.15, 0.2) is 42.5 Å². The van der Waals surface area contributed by atoms with Crippen molar-refractivity contribution >= 4 is 22.5 Å². The molecule has 0 saturated carbocycles. The van der Waals surface area contributed by atoms with E-state index in [0.29, 0.717) is 28.5 Å². The summed E-state index contributed by atoms with van der Waals surface area (Å²) in [6.45, 7) is 4.11. The predicted molar refractivity (Wildman–Crippen MR) is 110 cm³/mol. The first kappa shape index (κ1) is 19.5. The third-order valence-electron chi connectivity index (χ3n) is 4.49. The summed E-state index contributed by atoms with van der Waals surface area (Å²) in [5.41, 5.74) is 2.78. The normalized spacial score (nSPS) is 10.8. The molecule has 3 aromatic rings. The van der Waals surface area contributed by atoms with E-state index in [4.69, 9.17) is 14.2 Å². The fourth-order valence-corrected chi connectivity index (χ4v) is 3.03. The summed E-state index contributed by atoms with van der Waals surface area (Å²) in [6, 6.07) is 12.9. The highest BCUT2D eigenvalue weighted by atomic mass is 16.5. The molecular formula is C22H24N2O4. The molecule has 1 heterocycles. The average Bonchev–Trinajstić information content (AvgIpc) is 2.71. The Morgan fingerprint density at radius 2 is 1.61 bits per heavy atom. The molecule has 146 valence electrons. The van der Waals surface area contributed by atoms with E-state index in [1.807, 2.05) is 30.3 Å². The minimum atomic E-state index is -0.227. The van der Waals surface area contributed by atoms with E-state index in [1.165, 1.54) is 21.3 Å². The number of para-hydroxylation sites is 1. The minimum absolute atomic E-state index is 0.206. The Hall–Kier alpha value is -3.28. The highest BCUT2D eigenvalue weighted by Gasteiger charge is 2.18. The number of methoxy groups -OCH3 is 3. The number of rotatable bonds is 6. The van der Waals surface area contributed by atoms with Crippen LogP contribution in [-0.2, 0) is 0 Å². The topological polar surface area (TPSA) is 69.7 Å². The number of benzene rings is 2. The number of ether oxygens (including phenoxy) is 3. The number of carbonyl (C=O) groups excluding carboxylic acids is 1. The van der Waals surface area contributed by atoms with Gasteiger partial charge in [0.15, 0.2) is 11.5 Å². The minimum Gasteiger partial charge on any atom is -0.493 e. The van der Waals surface area contributed by atoms with Crippen LogP contribution in [0.25, 0.3) is 10.9 Å². The molecule has 1 N–H and O–H groups in total. The summed E-state index contributed by atoms with van der Waals surface area (Å²) >= 11 is 0. The molecule has 0 radical (unpaired) electrons. The molecule has 28 heavy (non-hydrogen) atoms. The summed E-state index contributed by atoms with van der Waals surface area (Å²) < 4.78 is 16.1. The highest BCUT2D eigenvalue weighted by molar-refractivity contribution is 6.12. The molecule has 3 rings (SSSR count). The molecule has 0 aliphatic rings. The third-order valence-corrected chi connectivity index (χ3v) is 4.49. The number of nitrogens with one attached hydrogen (secondary N) is 1. The van der Waals surface area contributed by atoms with E-state index in [-0.39, 0.29) is 11.8 Å². The molecule has 1 aromatic heterocycles. The van der Waals surface area contributed by atoms with Crippen LogP contribution in [0.3, 0.4) is 0 Å². The van der Waals surface area contributed by atoms with Crippen molar-refractivity contribution in [3.8, 4) is 17.2 Å². The number of hydrogen-bond acceptors (Lipinski definition) is 5. The van der Waals surface area contributed by atoms with Crippen LogP contribution >= 0.6 is 0 Å². The maximum atomic E-state index is 13.1. The van der Waals surface area contributed by atoms with Crippen molar-refractivity contribution in [2.45, 2.75) is 19.8 Å². The number of aromatic nitrogens is 1. The molecule has 1 amide bonds. The van der Waals surface area contributed by atoms with Crippen LogP contribution in [-0.4, -0.2) is 32.2 Å². The van der Waals surface area contributed by atoms with Crippen LogP contribution in [0, 0.1) is 0 Å². The summed E-state index contributed by atoms with van der Waals surface area (Å²) in [6.07, 6.45) is 0. The number of anilines is 1. The van der Waals surface area contributed by atoms with Gasteiger partial charge in [-0.1, -0.05) is 32.0 Å². The zero-order chi connectivity index (χ0) is 20.3. The molecular weight excluding hydrogens is 356 g/mol. The number of carbonyl (C=O) groups is 1. The summed E-state index contributed by atoms with van der Waals surface area (Å²) in [5.74, 6) is 1.39.